The Labute approximate surface area is 110 Å². The van der Waals surface area contributed by atoms with Crippen LogP contribution < -0.4 is 10.6 Å². The minimum absolute atomic E-state index is 0.117. The monoisotopic (exact) mass is 258 g/mol. The minimum atomic E-state index is 0.117. The molecule has 2 N–H and O–H groups in total. The highest BCUT2D eigenvalue weighted by Crippen LogP contribution is 2.22. The molecule has 0 spiro atoms. The quantitative estimate of drug-likeness (QED) is 0.597. The van der Waals surface area contributed by atoms with Crippen molar-refractivity contribution in [2.75, 3.05) is 33.4 Å². The molecule has 0 saturated carbocycles. The van der Waals surface area contributed by atoms with E-state index in [1.807, 2.05) is 0 Å². The fourth-order valence-electron chi connectivity index (χ4n) is 2.07. The summed E-state index contributed by atoms with van der Waals surface area (Å²) in [5.74, 6) is 0.117. The zero-order valence-corrected chi connectivity index (χ0v) is 11.5. The molecule has 1 heterocycles. The van der Waals surface area contributed by atoms with Crippen LogP contribution in [0.5, 0.6) is 0 Å². The van der Waals surface area contributed by atoms with Crippen LogP contribution in [0.25, 0.3) is 0 Å². The van der Waals surface area contributed by atoms with Gasteiger partial charge in [-0.15, -0.1) is 0 Å². The number of ether oxygens (including phenoxy) is 2. The summed E-state index contributed by atoms with van der Waals surface area (Å²) in [4.78, 5) is 11.6. The molecule has 1 aliphatic heterocycles. The molecule has 0 aliphatic carbocycles. The number of rotatable bonds is 9. The lowest BCUT2D eigenvalue weighted by atomic mass is 10.1. The SMILES string of the molecule is COCCNCCNC(=O)CCC1CCC(C)O1. The summed E-state index contributed by atoms with van der Waals surface area (Å²) >= 11 is 0. The van der Waals surface area contributed by atoms with E-state index in [0.29, 0.717) is 25.7 Å². The molecule has 106 valence electrons. The molecule has 0 aromatic rings. The van der Waals surface area contributed by atoms with Crippen molar-refractivity contribution in [3.63, 3.8) is 0 Å². The first-order valence-corrected chi connectivity index (χ1v) is 6.84. The highest BCUT2D eigenvalue weighted by Gasteiger charge is 2.21. The lowest BCUT2D eigenvalue weighted by molar-refractivity contribution is -0.121. The predicted molar refractivity (Wildman–Crippen MR) is 70.6 cm³/mol. The van der Waals surface area contributed by atoms with Gasteiger partial charge >= 0.3 is 0 Å². The number of hydrogen-bond acceptors (Lipinski definition) is 4. The highest BCUT2D eigenvalue weighted by molar-refractivity contribution is 5.75. The Morgan fingerprint density at radius 3 is 2.83 bits per heavy atom. The molecule has 1 amide bonds. The number of hydrogen-bond donors (Lipinski definition) is 2. The molecular weight excluding hydrogens is 232 g/mol. The zero-order chi connectivity index (χ0) is 13.2. The second-order valence-corrected chi connectivity index (χ2v) is 4.78. The molecule has 0 bridgehead atoms. The first-order chi connectivity index (χ1) is 8.72. The minimum Gasteiger partial charge on any atom is -0.383 e. The van der Waals surface area contributed by atoms with Crippen molar-refractivity contribution in [3.8, 4) is 0 Å². The first kappa shape index (κ1) is 15.4. The molecule has 1 fully saturated rings. The van der Waals surface area contributed by atoms with Gasteiger partial charge in [-0.2, -0.15) is 0 Å². The van der Waals surface area contributed by atoms with E-state index in [0.717, 1.165) is 32.4 Å². The number of amides is 1. The maximum absolute atomic E-state index is 11.6. The number of methoxy groups -OCH3 is 1. The molecule has 5 heteroatoms. The van der Waals surface area contributed by atoms with Crippen LogP contribution in [0.1, 0.15) is 32.6 Å². The van der Waals surface area contributed by atoms with Crippen LogP contribution in [0.15, 0.2) is 0 Å². The summed E-state index contributed by atoms with van der Waals surface area (Å²) in [6.45, 7) is 5.06. The van der Waals surface area contributed by atoms with Crippen LogP contribution in [0, 0.1) is 0 Å². The van der Waals surface area contributed by atoms with Gasteiger partial charge in [0, 0.05) is 33.2 Å². The fraction of sp³-hybridized carbons (Fsp3) is 0.923. The van der Waals surface area contributed by atoms with Gasteiger partial charge in [-0.1, -0.05) is 0 Å². The van der Waals surface area contributed by atoms with E-state index in [2.05, 4.69) is 17.6 Å². The van der Waals surface area contributed by atoms with E-state index in [-0.39, 0.29) is 12.0 Å². The third-order valence-electron chi connectivity index (χ3n) is 3.12. The van der Waals surface area contributed by atoms with Crippen molar-refractivity contribution in [1.82, 2.24) is 10.6 Å². The van der Waals surface area contributed by atoms with Gasteiger partial charge < -0.3 is 20.1 Å². The third kappa shape index (κ3) is 6.93. The second kappa shape index (κ2) is 9.30. The van der Waals surface area contributed by atoms with Crippen LogP contribution in [-0.4, -0.2) is 51.5 Å². The molecule has 1 saturated heterocycles. The van der Waals surface area contributed by atoms with Crippen molar-refractivity contribution < 1.29 is 14.3 Å². The largest absolute Gasteiger partial charge is 0.383 e. The lowest BCUT2D eigenvalue weighted by Crippen LogP contribution is -2.33. The standard InChI is InChI=1S/C13H26N2O3/c1-11-3-4-12(18-11)5-6-13(16)15-8-7-14-9-10-17-2/h11-12,14H,3-10H2,1-2H3,(H,15,16). The van der Waals surface area contributed by atoms with E-state index >= 15 is 0 Å². The summed E-state index contributed by atoms with van der Waals surface area (Å²) in [6, 6.07) is 0. The van der Waals surface area contributed by atoms with Crippen LogP contribution in [-0.2, 0) is 14.3 Å². The van der Waals surface area contributed by atoms with Crippen molar-refractivity contribution in [2.45, 2.75) is 44.8 Å². The smallest absolute Gasteiger partial charge is 0.220 e. The van der Waals surface area contributed by atoms with Gasteiger partial charge in [0.25, 0.3) is 0 Å². The summed E-state index contributed by atoms with van der Waals surface area (Å²) in [5.41, 5.74) is 0. The molecule has 1 rings (SSSR count). The second-order valence-electron chi connectivity index (χ2n) is 4.78. The molecular formula is C13H26N2O3. The van der Waals surface area contributed by atoms with Crippen LogP contribution in [0.2, 0.25) is 0 Å². The summed E-state index contributed by atoms with van der Waals surface area (Å²) in [5, 5.41) is 6.08. The average molecular weight is 258 g/mol. The van der Waals surface area contributed by atoms with Gasteiger partial charge in [0.15, 0.2) is 0 Å². The summed E-state index contributed by atoms with van der Waals surface area (Å²) < 4.78 is 10.6. The van der Waals surface area contributed by atoms with E-state index in [1.165, 1.54) is 0 Å². The molecule has 0 aromatic heterocycles. The van der Waals surface area contributed by atoms with Crippen molar-refractivity contribution in [2.24, 2.45) is 0 Å². The Kier molecular flexibility index (Phi) is 7.96. The lowest BCUT2D eigenvalue weighted by Gasteiger charge is -2.11. The van der Waals surface area contributed by atoms with E-state index in [1.54, 1.807) is 7.11 Å². The van der Waals surface area contributed by atoms with Gasteiger partial charge in [-0.25, -0.2) is 0 Å². The maximum atomic E-state index is 11.6. The topological polar surface area (TPSA) is 59.6 Å². The van der Waals surface area contributed by atoms with E-state index in [9.17, 15) is 4.79 Å². The van der Waals surface area contributed by atoms with Gasteiger partial charge in [0.2, 0.25) is 5.91 Å². The van der Waals surface area contributed by atoms with E-state index in [4.69, 9.17) is 9.47 Å². The average Bonchev–Trinajstić information content (AvgIpc) is 2.77. The number of nitrogens with one attached hydrogen (secondary N) is 2. The van der Waals surface area contributed by atoms with Crippen molar-refractivity contribution in [3.05, 3.63) is 0 Å². The Balaban J connectivity index is 1.91. The summed E-state index contributed by atoms with van der Waals surface area (Å²) in [7, 11) is 1.68. The zero-order valence-electron chi connectivity index (χ0n) is 11.5. The predicted octanol–water partition coefficient (Wildman–Crippen LogP) is 0.686. The number of carbonyl (C=O) groups excluding carboxylic acids is 1. The molecule has 2 atom stereocenters. The van der Waals surface area contributed by atoms with Crippen LogP contribution in [0.4, 0.5) is 0 Å². The third-order valence-corrected chi connectivity index (χ3v) is 3.12. The highest BCUT2D eigenvalue weighted by atomic mass is 16.5. The molecule has 1 aliphatic rings. The maximum Gasteiger partial charge on any atom is 0.220 e. The first-order valence-electron chi connectivity index (χ1n) is 6.84. The molecule has 5 nitrogen and oxygen atoms in total. The Morgan fingerprint density at radius 1 is 1.33 bits per heavy atom. The molecule has 0 aromatic carbocycles. The van der Waals surface area contributed by atoms with Crippen LogP contribution in [0.3, 0.4) is 0 Å². The van der Waals surface area contributed by atoms with Gasteiger partial charge in [0.1, 0.15) is 0 Å². The van der Waals surface area contributed by atoms with Crippen LogP contribution >= 0.6 is 0 Å². The normalized spacial score (nSPS) is 23.2. The molecule has 0 radical (unpaired) electrons. The van der Waals surface area contributed by atoms with E-state index < -0.39 is 0 Å². The van der Waals surface area contributed by atoms with Gasteiger partial charge in [0.05, 0.1) is 18.8 Å². The number of carbonyl (C=O) groups is 1. The Morgan fingerprint density at radius 2 is 2.17 bits per heavy atom. The Hall–Kier alpha value is -0.650. The van der Waals surface area contributed by atoms with Crippen molar-refractivity contribution in [1.29, 1.82) is 0 Å². The molecule has 2 unspecified atom stereocenters. The fourth-order valence-corrected chi connectivity index (χ4v) is 2.07. The van der Waals surface area contributed by atoms with Crippen molar-refractivity contribution >= 4 is 5.91 Å². The summed E-state index contributed by atoms with van der Waals surface area (Å²) in [6.07, 6.45) is 4.26. The molecule has 18 heavy (non-hydrogen) atoms. The van der Waals surface area contributed by atoms with Gasteiger partial charge in [-0.05, 0) is 26.2 Å². The Bertz CT molecular complexity index is 236. The van der Waals surface area contributed by atoms with Gasteiger partial charge in [-0.3, -0.25) is 4.79 Å².